The van der Waals surface area contributed by atoms with Crippen LogP contribution in [0.2, 0.25) is 5.02 Å². The molecule has 0 aliphatic heterocycles. The van der Waals surface area contributed by atoms with Crippen LogP contribution in [0.15, 0.2) is 79.5 Å². The molecule has 0 saturated carbocycles. The Balaban J connectivity index is 1.80. The Hall–Kier alpha value is -3.37. The topological polar surface area (TPSA) is 50.7 Å². The SMILES string of the molecule is C=C(/C(=C\NC)c1cccc(OC)c1)c1ccc(OCc2ccc(Cl)cc2)cc1O. The summed E-state index contributed by atoms with van der Waals surface area (Å²) in [6, 6.07) is 20.4. The van der Waals surface area contributed by atoms with Crippen LogP contribution >= 0.6 is 11.6 Å². The van der Waals surface area contributed by atoms with Gasteiger partial charge in [0.2, 0.25) is 0 Å². The molecule has 0 amide bonds. The molecule has 0 fully saturated rings. The quantitative estimate of drug-likeness (QED) is 0.444. The lowest BCUT2D eigenvalue weighted by Crippen LogP contribution is -1.99. The lowest BCUT2D eigenvalue weighted by atomic mass is 9.93. The summed E-state index contributed by atoms with van der Waals surface area (Å²) in [6.07, 6.45) is 1.85. The second-order valence-corrected chi connectivity index (χ2v) is 7.09. The number of hydrogen-bond acceptors (Lipinski definition) is 4. The number of allylic oxidation sites excluding steroid dienone is 2. The monoisotopic (exact) mass is 421 g/mol. The van der Waals surface area contributed by atoms with Crippen molar-refractivity contribution in [1.82, 2.24) is 5.32 Å². The number of phenols is 1. The molecule has 4 nitrogen and oxygen atoms in total. The minimum atomic E-state index is 0.0958. The fourth-order valence-corrected chi connectivity index (χ4v) is 3.15. The van der Waals surface area contributed by atoms with Gasteiger partial charge in [-0.2, -0.15) is 0 Å². The normalized spacial score (nSPS) is 11.1. The highest BCUT2D eigenvalue weighted by atomic mass is 35.5. The first-order valence-electron chi connectivity index (χ1n) is 9.43. The molecule has 0 saturated heterocycles. The minimum absolute atomic E-state index is 0.0958. The first-order valence-corrected chi connectivity index (χ1v) is 9.81. The number of halogens is 1. The molecule has 0 heterocycles. The Morgan fingerprint density at radius 1 is 1.07 bits per heavy atom. The molecule has 0 radical (unpaired) electrons. The lowest BCUT2D eigenvalue weighted by molar-refractivity contribution is 0.304. The van der Waals surface area contributed by atoms with E-state index >= 15 is 0 Å². The molecule has 2 N–H and O–H groups in total. The predicted octanol–water partition coefficient (Wildman–Crippen LogP) is 5.91. The van der Waals surface area contributed by atoms with Gasteiger partial charge < -0.3 is 19.9 Å². The summed E-state index contributed by atoms with van der Waals surface area (Å²) in [6.45, 7) is 4.59. The molecule has 3 aromatic carbocycles. The van der Waals surface area contributed by atoms with Crippen molar-refractivity contribution in [2.45, 2.75) is 6.61 Å². The Morgan fingerprint density at radius 2 is 1.83 bits per heavy atom. The predicted molar refractivity (Wildman–Crippen MR) is 123 cm³/mol. The van der Waals surface area contributed by atoms with Gasteiger partial charge in [-0.1, -0.05) is 42.4 Å². The third-order valence-electron chi connectivity index (χ3n) is 4.61. The lowest BCUT2D eigenvalue weighted by Gasteiger charge is -2.15. The largest absolute Gasteiger partial charge is 0.507 e. The molecule has 0 aliphatic rings. The molecule has 0 unspecified atom stereocenters. The van der Waals surface area contributed by atoms with E-state index in [1.165, 1.54) is 0 Å². The summed E-state index contributed by atoms with van der Waals surface area (Å²) < 4.78 is 11.1. The zero-order valence-corrected chi connectivity index (χ0v) is 17.7. The second kappa shape index (κ2) is 9.90. The molecule has 0 aromatic heterocycles. The van der Waals surface area contributed by atoms with Gasteiger partial charge in [-0.3, -0.25) is 0 Å². The van der Waals surface area contributed by atoms with E-state index in [9.17, 15) is 5.11 Å². The maximum absolute atomic E-state index is 10.6. The maximum Gasteiger partial charge on any atom is 0.127 e. The summed E-state index contributed by atoms with van der Waals surface area (Å²) in [5.74, 6) is 1.41. The molecule has 3 rings (SSSR count). The van der Waals surface area contributed by atoms with E-state index in [-0.39, 0.29) is 5.75 Å². The summed E-state index contributed by atoms with van der Waals surface area (Å²) >= 11 is 5.91. The van der Waals surface area contributed by atoms with Crippen molar-refractivity contribution in [3.8, 4) is 17.2 Å². The van der Waals surface area contributed by atoms with Gasteiger partial charge in [-0.25, -0.2) is 0 Å². The minimum Gasteiger partial charge on any atom is -0.507 e. The van der Waals surface area contributed by atoms with E-state index in [2.05, 4.69) is 11.9 Å². The van der Waals surface area contributed by atoms with Crippen LogP contribution in [0.3, 0.4) is 0 Å². The van der Waals surface area contributed by atoms with Gasteiger partial charge in [0.15, 0.2) is 0 Å². The zero-order valence-electron chi connectivity index (χ0n) is 17.0. The van der Waals surface area contributed by atoms with E-state index in [0.717, 1.165) is 22.4 Å². The number of aromatic hydroxyl groups is 1. The third-order valence-corrected chi connectivity index (χ3v) is 4.86. The van der Waals surface area contributed by atoms with E-state index in [4.69, 9.17) is 21.1 Å². The van der Waals surface area contributed by atoms with Crippen molar-refractivity contribution < 1.29 is 14.6 Å². The maximum atomic E-state index is 10.6. The second-order valence-electron chi connectivity index (χ2n) is 6.65. The van der Waals surface area contributed by atoms with Gasteiger partial charge in [0.1, 0.15) is 23.9 Å². The van der Waals surface area contributed by atoms with Gasteiger partial charge in [0.25, 0.3) is 0 Å². The molecule has 3 aromatic rings. The van der Waals surface area contributed by atoms with Gasteiger partial charge in [0.05, 0.1) is 7.11 Å². The van der Waals surface area contributed by atoms with Crippen LogP contribution in [0.25, 0.3) is 11.1 Å². The average Bonchev–Trinajstić information content (AvgIpc) is 2.76. The van der Waals surface area contributed by atoms with Crippen molar-refractivity contribution in [2.24, 2.45) is 0 Å². The standard InChI is InChI=1S/C25H24ClNO3/c1-17(24(15-27-2)19-5-4-6-21(13-19)29-3)23-12-11-22(14-25(23)28)30-16-18-7-9-20(26)10-8-18/h4-15,27-28H,1,16H2,2-3H3/b24-15+. The van der Waals surface area contributed by atoms with Gasteiger partial charge in [0, 0.05) is 35.5 Å². The van der Waals surface area contributed by atoms with E-state index < -0.39 is 0 Å². The Labute approximate surface area is 182 Å². The third kappa shape index (κ3) is 5.16. The van der Waals surface area contributed by atoms with Crippen LogP contribution in [0.4, 0.5) is 0 Å². The summed E-state index contributed by atoms with van der Waals surface area (Å²) in [4.78, 5) is 0. The van der Waals surface area contributed by atoms with Crippen LogP contribution in [0, 0.1) is 0 Å². The van der Waals surface area contributed by atoms with Crippen LogP contribution in [0.5, 0.6) is 17.2 Å². The first kappa shape index (κ1) is 21.3. The Bertz CT molecular complexity index is 1060. The number of methoxy groups -OCH3 is 1. The van der Waals surface area contributed by atoms with Crippen molar-refractivity contribution in [1.29, 1.82) is 0 Å². The highest BCUT2D eigenvalue weighted by Crippen LogP contribution is 2.37. The van der Waals surface area contributed by atoms with Crippen molar-refractivity contribution in [3.63, 3.8) is 0 Å². The van der Waals surface area contributed by atoms with E-state index in [1.807, 2.05) is 67.8 Å². The summed E-state index contributed by atoms with van der Waals surface area (Å²) in [5.41, 5.74) is 4.07. The van der Waals surface area contributed by atoms with Crippen LogP contribution in [-0.2, 0) is 6.61 Å². The molecule has 0 bridgehead atoms. The molecular weight excluding hydrogens is 398 g/mol. The zero-order chi connectivity index (χ0) is 21.5. The van der Waals surface area contributed by atoms with Crippen molar-refractivity contribution in [2.75, 3.05) is 14.2 Å². The number of hydrogen-bond donors (Lipinski definition) is 2. The van der Waals surface area contributed by atoms with Crippen LogP contribution in [0.1, 0.15) is 16.7 Å². The fourth-order valence-electron chi connectivity index (χ4n) is 3.03. The molecule has 0 aliphatic carbocycles. The molecule has 154 valence electrons. The van der Waals surface area contributed by atoms with Crippen LogP contribution < -0.4 is 14.8 Å². The number of phenolic OH excluding ortho intramolecular Hbond substituents is 1. The summed E-state index contributed by atoms with van der Waals surface area (Å²) in [5, 5.41) is 14.4. The molecule has 0 atom stereocenters. The van der Waals surface area contributed by atoms with Gasteiger partial charge in [-0.05, 0) is 53.1 Å². The molecule has 5 heteroatoms. The molecule has 0 spiro atoms. The number of ether oxygens (including phenoxy) is 2. The first-order chi connectivity index (χ1) is 14.5. The highest BCUT2D eigenvalue weighted by molar-refractivity contribution is 6.30. The van der Waals surface area contributed by atoms with Crippen molar-refractivity contribution in [3.05, 3.63) is 101 Å². The number of benzene rings is 3. The van der Waals surface area contributed by atoms with Crippen LogP contribution in [-0.4, -0.2) is 19.3 Å². The summed E-state index contributed by atoms with van der Waals surface area (Å²) in [7, 11) is 3.45. The van der Waals surface area contributed by atoms with Gasteiger partial charge in [-0.15, -0.1) is 0 Å². The molecular formula is C25H24ClNO3. The average molecular weight is 422 g/mol. The smallest absolute Gasteiger partial charge is 0.127 e. The van der Waals surface area contributed by atoms with E-state index in [1.54, 1.807) is 19.2 Å². The number of rotatable bonds is 8. The number of nitrogens with one attached hydrogen (secondary N) is 1. The highest BCUT2D eigenvalue weighted by Gasteiger charge is 2.14. The van der Waals surface area contributed by atoms with Crippen molar-refractivity contribution >= 4 is 22.7 Å². The Morgan fingerprint density at radius 3 is 2.50 bits per heavy atom. The Kier molecular flexibility index (Phi) is 7.04. The molecule has 30 heavy (non-hydrogen) atoms. The fraction of sp³-hybridized carbons (Fsp3) is 0.120. The van der Waals surface area contributed by atoms with E-state index in [0.29, 0.717) is 28.5 Å². The van der Waals surface area contributed by atoms with Gasteiger partial charge >= 0.3 is 0 Å².